The zero-order chi connectivity index (χ0) is 13.8. The van der Waals surface area contributed by atoms with Crippen LogP contribution in [0.2, 0.25) is 0 Å². The molecule has 0 aliphatic rings. The van der Waals surface area contributed by atoms with Crippen molar-refractivity contribution >= 4 is 44.6 Å². The van der Waals surface area contributed by atoms with Gasteiger partial charge in [0, 0.05) is 9.86 Å². The Morgan fingerprint density at radius 1 is 1.42 bits per heavy atom. The van der Waals surface area contributed by atoms with Crippen molar-refractivity contribution in [2.24, 2.45) is 0 Å². The molecule has 0 radical (unpaired) electrons. The molecule has 19 heavy (non-hydrogen) atoms. The summed E-state index contributed by atoms with van der Waals surface area (Å²) < 4.78 is 11.8. The topological polar surface area (TPSA) is 39.4 Å². The third kappa shape index (κ3) is 3.34. The first-order valence-electron chi connectivity index (χ1n) is 6.15. The highest BCUT2D eigenvalue weighted by Crippen LogP contribution is 2.36. The van der Waals surface area contributed by atoms with Gasteiger partial charge >= 0.3 is 5.97 Å². The third-order valence-corrected chi connectivity index (χ3v) is 4.09. The maximum absolute atomic E-state index is 11.6. The molecule has 0 N–H and O–H groups in total. The number of ether oxygens (including phenoxy) is 1. The molecule has 3 nitrogen and oxygen atoms in total. The minimum absolute atomic E-state index is 0.183. The number of esters is 1. The van der Waals surface area contributed by atoms with Gasteiger partial charge in [0.15, 0.2) is 0 Å². The highest BCUT2D eigenvalue weighted by atomic mass is 79.9. The second kappa shape index (κ2) is 6.48. The maximum atomic E-state index is 11.6. The summed E-state index contributed by atoms with van der Waals surface area (Å²) in [6.45, 7) is 4.27. The number of hydrogen-bond acceptors (Lipinski definition) is 4. The number of thioether (sulfide) groups is 1. The highest BCUT2D eigenvalue weighted by molar-refractivity contribution is 9.10. The van der Waals surface area contributed by atoms with Crippen LogP contribution in [0.5, 0.6) is 0 Å². The lowest BCUT2D eigenvalue weighted by Gasteiger charge is -2.02. The van der Waals surface area contributed by atoms with Gasteiger partial charge in [-0.05, 0) is 30.9 Å². The number of rotatable bonds is 5. The van der Waals surface area contributed by atoms with Gasteiger partial charge in [0.2, 0.25) is 0 Å². The van der Waals surface area contributed by atoms with Crippen LogP contribution < -0.4 is 0 Å². The van der Waals surface area contributed by atoms with Gasteiger partial charge in [-0.2, -0.15) is 0 Å². The zero-order valence-corrected chi connectivity index (χ0v) is 13.3. The number of carbonyl (C=O) groups excluding carboxylic acids is 1. The third-order valence-electron chi connectivity index (χ3n) is 2.57. The van der Waals surface area contributed by atoms with E-state index in [2.05, 4.69) is 22.9 Å². The Balaban J connectivity index is 2.41. The number of benzene rings is 1. The van der Waals surface area contributed by atoms with E-state index in [1.807, 2.05) is 18.2 Å². The Hall–Kier alpha value is -0.940. The van der Waals surface area contributed by atoms with E-state index in [4.69, 9.17) is 9.15 Å². The molecule has 102 valence electrons. The first-order valence-corrected chi connectivity index (χ1v) is 7.92. The molecular formula is C14H15BrO3S. The van der Waals surface area contributed by atoms with Crippen molar-refractivity contribution in [1.82, 2.24) is 0 Å². The minimum atomic E-state index is -0.251. The fourth-order valence-corrected chi connectivity index (χ4v) is 3.10. The standard InChI is InChI=1S/C14H15BrO3S/c1-3-17-13(16)8-12-14(19-4-2)10-7-9(15)5-6-11(10)18-12/h5-7H,3-4,8H2,1-2H3. The zero-order valence-electron chi connectivity index (χ0n) is 10.9. The van der Waals surface area contributed by atoms with Gasteiger partial charge in [-0.1, -0.05) is 22.9 Å². The average Bonchev–Trinajstić information content (AvgIpc) is 2.68. The SMILES string of the molecule is CCOC(=O)Cc1oc2ccc(Br)cc2c1SCC. The first-order chi connectivity index (χ1) is 9.15. The number of hydrogen-bond donors (Lipinski definition) is 0. The molecule has 1 aromatic carbocycles. The molecule has 0 amide bonds. The van der Waals surface area contributed by atoms with Crippen LogP contribution in [0.4, 0.5) is 0 Å². The molecule has 0 aliphatic heterocycles. The van der Waals surface area contributed by atoms with Crippen LogP contribution in [0.25, 0.3) is 11.0 Å². The summed E-state index contributed by atoms with van der Waals surface area (Å²) in [7, 11) is 0. The normalized spacial score (nSPS) is 10.9. The van der Waals surface area contributed by atoms with Crippen LogP contribution in [0, 0.1) is 0 Å². The molecule has 0 aliphatic carbocycles. The first kappa shape index (κ1) is 14.5. The summed E-state index contributed by atoms with van der Waals surface area (Å²) in [6, 6.07) is 5.86. The predicted molar refractivity (Wildman–Crippen MR) is 80.6 cm³/mol. The minimum Gasteiger partial charge on any atom is -0.466 e. The van der Waals surface area contributed by atoms with Crippen LogP contribution in [0.1, 0.15) is 19.6 Å². The van der Waals surface area contributed by atoms with Crippen molar-refractivity contribution in [2.45, 2.75) is 25.2 Å². The van der Waals surface area contributed by atoms with Crippen molar-refractivity contribution in [3.63, 3.8) is 0 Å². The number of furan rings is 1. The lowest BCUT2D eigenvalue weighted by atomic mass is 10.2. The lowest BCUT2D eigenvalue weighted by molar-refractivity contribution is -0.142. The highest BCUT2D eigenvalue weighted by Gasteiger charge is 2.17. The quantitative estimate of drug-likeness (QED) is 0.595. The van der Waals surface area contributed by atoms with Gasteiger partial charge in [-0.15, -0.1) is 11.8 Å². The molecule has 2 rings (SSSR count). The van der Waals surface area contributed by atoms with Crippen molar-refractivity contribution in [3.8, 4) is 0 Å². The van der Waals surface area contributed by atoms with Gasteiger partial charge < -0.3 is 9.15 Å². The second-order valence-corrected chi connectivity index (χ2v) is 6.10. The van der Waals surface area contributed by atoms with Gasteiger partial charge in [0.1, 0.15) is 17.8 Å². The van der Waals surface area contributed by atoms with Crippen molar-refractivity contribution in [2.75, 3.05) is 12.4 Å². The monoisotopic (exact) mass is 342 g/mol. The molecular weight excluding hydrogens is 328 g/mol. The summed E-state index contributed by atoms with van der Waals surface area (Å²) >= 11 is 5.14. The van der Waals surface area contributed by atoms with Gasteiger partial charge in [0.05, 0.1) is 11.5 Å². The van der Waals surface area contributed by atoms with Crippen molar-refractivity contribution in [3.05, 3.63) is 28.4 Å². The summed E-state index contributed by atoms with van der Waals surface area (Å²) in [5, 5.41) is 1.04. The van der Waals surface area contributed by atoms with E-state index < -0.39 is 0 Å². The molecule has 0 fully saturated rings. The molecule has 0 saturated heterocycles. The van der Waals surface area contributed by atoms with Crippen LogP contribution >= 0.6 is 27.7 Å². The van der Waals surface area contributed by atoms with Gasteiger partial charge in [0.25, 0.3) is 0 Å². The van der Waals surface area contributed by atoms with Crippen molar-refractivity contribution < 1.29 is 13.9 Å². The fraction of sp³-hybridized carbons (Fsp3) is 0.357. The smallest absolute Gasteiger partial charge is 0.313 e. The largest absolute Gasteiger partial charge is 0.466 e. The van der Waals surface area contributed by atoms with E-state index in [1.54, 1.807) is 18.7 Å². The summed E-state index contributed by atoms with van der Waals surface area (Å²) in [4.78, 5) is 12.6. The van der Waals surface area contributed by atoms with Crippen molar-refractivity contribution in [1.29, 1.82) is 0 Å². The molecule has 0 spiro atoms. The summed E-state index contributed by atoms with van der Waals surface area (Å²) in [5.41, 5.74) is 0.804. The predicted octanol–water partition coefficient (Wildman–Crippen LogP) is 4.41. The summed E-state index contributed by atoms with van der Waals surface area (Å²) in [6.07, 6.45) is 0.183. The Morgan fingerprint density at radius 3 is 2.89 bits per heavy atom. The fourth-order valence-electron chi connectivity index (χ4n) is 1.86. The molecule has 1 aromatic heterocycles. The summed E-state index contributed by atoms with van der Waals surface area (Å²) in [5.74, 6) is 1.37. The van der Waals surface area contributed by atoms with Crippen LogP contribution in [-0.2, 0) is 16.0 Å². The van der Waals surface area contributed by atoms with Crippen LogP contribution in [0.3, 0.4) is 0 Å². The number of halogens is 1. The average molecular weight is 343 g/mol. The molecule has 0 unspecified atom stereocenters. The molecule has 0 saturated carbocycles. The maximum Gasteiger partial charge on any atom is 0.313 e. The molecule has 1 heterocycles. The van der Waals surface area contributed by atoms with Gasteiger partial charge in [-0.3, -0.25) is 4.79 Å². The van der Waals surface area contributed by atoms with E-state index in [1.165, 1.54) is 0 Å². The molecule has 0 atom stereocenters. The lowest BCUT2D eigenvalue weighted by Crippen LogP contribution is -2.07. The Morgan fingerprint density at radius 2 is 2.21 bits per heavy atom. The molecule has 2 aromatic rings. The number of fused-ring (bicyclic) bond motifs is 1. The Bertz CT molecular complexity index is 592. The van der Waals surface area contributed by atoms with E-state index >= 15 is 0 Å². The van der Waals surface area contributed by atoms with E-state index in [-0.39, 0.29) is 12.4 Å². The van der Waals surface area contributed by atoms with E-state index in [9.17, 15) is 4.79 Å². The van der Waals surface area contributed by atoms with Crippen LogP contribution in [-0.4, -0.2) is 18.3 Å². The number of carbonyl (C=O) groups is 1. The van der Waals surface area contributed by atoms with Crippen LogP contribution in [0.15, 0.2) is 32.0 Å². The van der Waals surface area contributed by atoms with E-state index in [0.717, 1.165) is 26.1 Å². The Labute approximate surface area is 124 Å². The van der Waals surface area contributed by atoms with Gasteiger partial charge in [-0.25, -0.2) is 0 Å². The molecule has 5 heteroatoms. The Kier molecular flexibility index (Phi) is 4.93. The van der Waals surface area contributed by atoms with E-state index in [0.29, 0.717) is 12.4 Å². The molecule has 0 bridgehead atoms. The second-order valence-electron chi connectivity index (χ2n) is 3.91.